The highest BCUT2D eigenvalue weighted by molar-refractivity contribution is 5.88. The van der Waals surface area contributed by atoms with Gasteiger partial charge in [0.2, 0.25) is 11.8 Å². The highest BCUT2D eigenvalue weighted by Gasteiger charge is 2.30. The second-order valence-electron chi connectivity index (χ2n) is 6.79. The Labute approximate surface area is 161 Å². The number of carbonyl (C=O) groups excluding carboxylic acids is 2. The average Bonchev–Trinajstić information content (AvgIpc) is 2.70. The molecule has 2 amide bonds. The first-order chi connectivity index (χ1) is 13.0. The Morgan fingerprint density at radius 1 is 1.00 bits per heavy atom. The molecule has 0 aliphatic carbocycles. The molecule has 144 valence electrons. The number of hydrogen-bond donors (Lipinski definition) is 1. The highest BCUT2D eigenvalue weighted by atomic mass is 16.5. The monoisotopic (exact) mass is 368 g/mol. The lowest BCUT2D eigenvalue weighted by molar-refractivity contribution is -0.143. The number of nitrogens with one attached hydrogen (secondary N) is 1. The molecule has 0 bridgehead atoms. The van der Waals surface area contributed by atoms with E-state index >= 15 is 0 Å². The summed E-state index contributed by atoms with van der Waals surface area (Å²) in [5.74, 6) is 0.343. The molecular weight excluding hydrogens is 340 g/mol. The van der Waals surface area contributed by atoms with Gasteiger partial charge in [-0.15, -0.1) is 0 Å². The van der Waals surface area contributed by atoms with E-state index in [1.54, 1.807) is 19.1 Å². The molecule has 2 aromatic carbocycles. The van der Waals surface area contributed by atoms with Crippen LogP contribution in [0.5, 0.6) is 5.75 Å². The van der Waals surface area contributed by atoms with Gasteiger partial charge in [-0.25, -0.2) is 0 Å². The minimum absolute atomic E-state index is 0.0460. The van der Waals surface area contributed by atoms with Crippen molar-refractivity contribution in [3.63, 3.8) is 0 Å². The number of carbonyl (C=O) groups is 2. The van der Waals surface area contributed by atoms with Crippen LogP contribution in [0.3, 0.4) is 0 Å². The molecule has 1 N–H and O–H groups in total. The van der Waals surface area contributed by atoms with E-state index in [1.165, 1.54) is 0 Å². The Hall–Kier alpha value is -2.82. The summed E-state index contributed by atoms with van der Waals surface area (Å²) in [7, 11) is 3.22. The quantitative estimate of drug-likeness (QED) is 0.779. The van der Waals surface area contributed by atoms with Crippen LogP contribution in [0.4, 0.5) is 0 Å². The Balaban J connectivity index is 2.34. The van der Waals surface area contributed by atoms with Crippen molar-refractivity contribution in [1.29, 1.82) is 0 Å². The summed E-state index contributed by atoms with van der Waals surface area (Å²) in [5, 5.41) is 2.71. The minimum atomic E-state index is -0.575. The average molecular weight is 368 g/mol. The maximum absolute atomic E-state index is 12.9. The second-order valence-corrected chi connectivity index (χ2v) is 6.79. The first kappa shape index (κ1) is 20.5. The predicted molar refractivity (Wildman–Crippen MR) is 106 cm³/mol. The van der Waals surface area contributed by atoms with Gasteiger partial charge in [-0.2, -0.15) is 0 Å². The van der Waals surface area contributed by atoms with Crippen LogP contribution in [-0.4, -0.2) is 36.9 Å². The van der Waals surface area contributed by atoms with E-state index in [-0.39, 0.29) is 17.7 Å². The van der Waals surface area contributed by atoms with Gasteiger partial charge in [0.15, 0.2) is 0 Å². The lowest BCUT2D eigenvalue weighted by Crippen LogP contribution is -2.50. The maximum atomic E-state index is 12.9. The molecule has 0 spiro atoms. The summed E-state index contributed by atoms with van der Waals surface area (Å²) in [6.07, 6.45) is 0.467. The van der Waals surface area contributed by atoms with Crippen molar-refractivity contribution in [3.8, 4) is 5.75 Å². The molecule has 5 heteroatoms. The SMILES string of the molecule is CNC(=O)[C@H](Cc1ccccc1)N(Cc1ccc(OC)cc1)C(=O)C(C)C. The van der Waals surface area contributed by atoms with Crippen molar-refractivity contribution in [1.82, 2.24) is 10.2 Å². The molecule has 0 unspecified atom stereocenters. The fourth-order valence-electron chi connectivity index (χ4n) is 2.95. The zero-order valence-electron chi connectivity index (χ0n) is 16.4. The number of benzene rings is 2. The van der Waals surface area contributed by atoms with Gasteiger partial charge in [0, 0.05) is 25.9 Å². The van der Waals surface area contributed by atoms with Crippen molar-refractivity contribution in [2.45, 2.75) is 32.9 Å². The van der Waals surface area contributed by atoms with Crippen LogP contribution < -0.4 is 10.1 Å². The molecule has 2 aromatic rings. The molecule has 0 fully saturated rings. The lowest BCUT2D eigenvalue weighted by atomic mass is 10.0. The Morgan fingerprint density at radius 3 is 2.15 bits per heavy atom. The van der Waals surface area contributed by atoms with E-state index in [4.69, 9.17) is 4.74 Å². The van der Waals surface area contributed by atoms with Gasteiger partial charge in [0.25, 0.3) is 0 Å². The van der Waals surface area contributed by atoms with E-state index in [9.17, 15) is 9.59 Å². The van der Waals surface area contributed by atoms with E-state index in [2.05, 4.69) is 5.32 Å². The zero-order chi connectivity index (χ0) is 19.8. The molecule has 0 aliphatic rings. The largest absolute Gasteiger partial charge is 0.497 e. The predicted octanol–water partition coefficient (Wildman–Crippen LogP) is 3.04. The zero-order valence-corrected chi connectivity index (χ0v) is 16.4. The van der Waals surface area contributed by atoms with Gasteiger partial charge in [-0.3, -0.25) is 9.59 Å². The van der Waals surface area contributed by atoms with Crippen LogP contribution >= 0.6 is 0 Å². The molecule has 27 heavy (non-hydrogen) atoms. The summed E-state index contributed by atoms with van der Waals surface area (Å²) in [5.41, 5.74) is 1.97. The van der Waals surface area contributed by atoms with Crippen molar-refractivity contribution in [2.75, 3.05) is 14.2 Å². The van der Waals surface area contributed by atoms with Gasteiger partial charge in [0.1, 0.15) is 11.8 Å². The molecule has 0 heterocycles. The molecular formula is C22H28N2O3. The van der Waals surface area contributed by atoms with Gasteiger partial charge >= 0.3 is 0 Å². The third-order valence-corrected chi connectivity index (χ3v) is 4.49. The summed E-state index contributed by atoms with van der Waals surface area (Å²) in [6, 6.07) is 16.7. The fraction of sp³-hybridized carbons (Fsp3) is 0.364. The van der Waals surface area contributed by atoms with Crippen LogP contribution in [0, 0.1) is 5.92 Å². The number of rotatable bonds is 8. The normalized spacial score (nSPS) is 11.7. The summed E-state index contributed by atoms with van der Waals surface area (Å²) in [6.45, 7) is 4.07. The number of amides is 2. The highest BCUT2D eigenvalue weighted by Crippen LogP contribution is 2.19. The standard InChI is InChI=1S/C22H28N2O3/c1-16(2)22(26)24(15-18-10-12-19(27-4)13-11-18)20(21(25)23-3)14-17-8-6-5-7-9-17/h5-13,16,20H,14-15H2,1-4H3,(H,23,25)/t20-/m0/s1. The molecule has 0 saturated heterocycles. The third-order valence-electron chi connectivity index (χ3n) is 4.49. The van der Waals surface area contributed by atoms with Crippen molar-refractivity contribution in [3.05, 3.63) is 65.7 Å². The first-order valence-corrected chi connectivity index (χ1v) is 9.15. The molecule has 5 nitrogen and oxygen atoms in total. The van der Waals surface area contributed by atoms with Gasteiger partial charge in [-0.05, 0) is 23.3 Å². The summed E-state index contributed by atoms with van der Waals surface area (Å²) in [4.78, 5) is 27.3. The van der Waals surface area contributed by atoms with Crippen LogP contribution in [-0.2, 0) is 22.6 Å². The summed E-state index contributed by atoms with van der Waals surface area (Å²) < 4.78 is 5.20. The number of likely N-dealkylation sites (N-methyl/N-ethyl adjacent to an activating group) is 1. The minimum Gasteiger partial charge on any atom is -0.497 e. The van der Waals surface area contributed by atoms with Crippen molar-refractivity contribution in [2.24, 2.45) is 5.92 Å². The molecule has 1 atom stereocenters. The lowest BCUT2D eigenvalue weighted by Gasteiger charge is -2.32. The van der Waals surface area contributed by atoms with Crippen LogP contribution in [0.25, 0.3) is 0 Å². The number of hydrogen-bond acceptors (Lipinski definition) is 3. The fourth-order valence-corrected chi connectivity index (χ4v) is 2.95. The van der Waals surface area contributed by atoms with Crippen LogP contribution in [0.1, 0.15) is 25.0 Å². The van der Waals surface area contributed by atoms with E-state index < -0.39 is 6.04 Å². The first-order valence-electron chi connectivity index (χ1n) is 9.15. The number of nitrogens with zero attached hydrogens (tertiary/aromatic N) is 1. The Kier molecular flexibility index (Phi) is 7.41. The van der Waals surface area contributed by atoms with Crippen molar-refractivity contribution >= 4 is 11.8 Å². The molecule has 0 aromatic heterocycles. The summed E-state index contributed by atoms with van der Waals surface area (Å²) >= 11 is 0. The molecule has 0 radical (unpaired) electrons. The molecule has 0 saturated carbocycles. The van der Waals surface area contributed by atoms with E-state index in [0.717, 1.165) is 16.9 Å². The smallest absolute Gasteiger partial charge is 0.242 e. The number of ether oxygens (including phenoxy) is 1. The van der Waals surface area contributed by atoms with Gasteiger partial charge < -0.3 is 15.0 Å². The maximum Gasteiger partial charge on any atom is 0.242 e. The van der Waals surface area contributed by atoms with Gasteiger partial charge in [-0.1, -0.05) is 56.3 Å². The Bertz CT molecular complexity index is 742. The van der Waals surface area contributed by atoms with Crippen LogP contribution in [0.2, 0.25) is 0 Å². The van der Waals surface area contributed by atoms with Crippen LogP contribution in [0.15, 0.2) is 54.6 Å². The van der Waals surface area contributed by atoms with Crippen molar-refractivity contribution < 1.29 is 14.3 Å². The topological polar surface area (TPSA) is 58.6 Å². The van der Waals surface area contributed by atoms with E-state index in [1.807, 2.05) is 68.4 Å². The molecule has 2 rings (SSSR count). The number of methoxy groups -OCH3 is 1. The third kappa shape index (κ3) is 5.58. The van der Waals surface area contributed by atoms with Gasteiger partial charge in [0.05, 0.1) is 7.11 Å². The van der Waals surface area contributed by atoms with E-state index in [0.29, 0.717) is 13.0 Å². The Morgan fingerprint density at radius 2 is 1.63 bits per heavy atom. The molecule has 0 aliphatic heterocycles. The second kappa shape index (κ2) is 9.76.